The van der Waals surface area contributed by atoms with Gasteiger partial charge in [0.15, 0.2) is 0 Å². The fraction of sp³-hybridized carbons (Fsp3) is 0.508. The summed E-state index contributed by atoms with van der Waals surface area (Å²) in [5.74, 6) is 2.51. The van der Waals surface area contributed by atoms with Gasteiger partial charge in [-0.05, 0) is 246 Å². The molecule has 8 fully saturated rings. The fourth-order valence-electron chi connectivity index (χ4n) is 24.1. The second kappa shape index (κ2) is 57.9. The molecule has 8 saturated carbocycles. The summed E-state index contributed by atoms with van der Waals surface area (Å²) in [7, 11) is 0. The molecule has 0 aromatic heterocycles. The molecular formula is C126H164N8O9. The van der Waals surface area contributed by atoms with Gasteiger partial charge in [-0.15, -0.1) is 0 Å². The number of unbranched alkanes of at least 4 members (excludes halogenated alkanes) is 3. The topological polar surface area (TPSA) is 207 Å². The summed E-state index contributed by atoms with van der Waals surface area (Å²) < 4.78 is 6.01. The smallest absolute Gasteiger partial charge is 0.259 e. The zero-order valence-corrected chi connectivity index (χ0v) is 86.2. The minimum absolute atomic E-state index is 0.0108. The highest BCUT2D eigenvalue weighted by Gasteiger charge is 2.47. The SMILES string of the molecule is CCCCNC(=O)C(C1CCCCC1)N(C(=O)c1ccccc1-c1ccc(Oc2ccccc2)cc1)C1CCCCC1.CCCCNC(=O)C(C1CCCCC1)N(C(=O)c1ccccc1-c1ccccc1)C1CCCCC1.CCCCNC(=O)C(C1CCCCC1)N(C(=O)c1ccccc1-c1ccccc1)c1ccccc1.O=C(NC1CCCCC1)C(C1CCCCC1)N(C(=O)c1ccccc1)C1CCCCC1. The van der Waals surface area contributed by atoms with Gasteiger partial charge in [0, 0.05) is 71.7 Å². The van der Waals surface area contributed by atoms with Crippen molar-refractivity contribution in [2.45, 2.75) is 364 Å². The lowest BCUT2D eigenvalue weighted by Crippen LogP contribution is -2.59. The van der Waals surface area contributed by atoms with Gasteiger partial charge in [0.1, 0.15) is 35.7 Å². The van der Waals surface area contributed by atoms with Crippen molar-refractivity contribution in [3.8, 4) is 44.9 Å². The summed E-state index contributed by atoms with van der Waals surface area (Å²) in [5, 5.41) is 13.0. The van der Waals surface area contributed by atoms with E-state index in [1.165, 1.54) is 77.0 Å². The molecule has 8 aliphatic rings. The van der Waals surface area contributed by atoms with E-state index in [2.05, 4.69) is 64.0 Å². The van der Waals surface area contributed by atoms with Gasteiger partial charge in [-0.25, -0.2) is 0 Å². The molecule has 8 amide bonds. The van der Waals surface area contributed by atoms with Crippen molar-refractivity contribution in [1.29, 1.82) is 0 Å². The van der Waals surface area contributed by atoms with Crippen molar-refractivity contribution in [2.24, 2.45) is 23.7 Å². The summed E-state index contributed by atoms with van der Waals surface area (Å²) in [6.45, 7) is 8.38. The maximum absolute atomic E-state index is 14.8. The van der Waals surface area contributed by atoms with E-state index in [4.69, 9.17) is 4.74 Å². The number of anilines is 1. The Balaban J connectivity index is 0.000000152. The molecule has 0 radical (unpaired) electrons. The van der Waals surface area contributed by atoms with Crippen LogP contribution in [0.15, 0.2) is 249 Å². The Morgan fingerprint density at radius 1 is 0.266 bits per heavy atom. The number of ether oxygens (including phenoxy) is 1. The van der Waals surface area contributed by atoms with E-state index in [1.807, 2.05) is 241 Å². The number of carbonyl (C=O) groups excluding carboxylic acids is 8. The predicted molar refractivity (Wildman–Crippen MR) is 581 cm³/mol. The molecule has 0 saturated heterocycles. The molecule has 0 bridgehead atoms. The Bertz CT molecular complexity index is 5320. The van der Waals surface area contributed by atoms with Crippen molar-refractivity contribution in [2.75, 3.05) is 24.5 Å². The number of nitrogens with one attached hydrogen (secondary N) is 4. The third-order valence-corrected chi connectivity index (χ3v) is 31.7. The highest BCUT2D eigenvalue weighted by molar-refractivity contribution is 6.13. The number of hydrogen-bond acceptors (Lipinski definition) is 9. The molecule has 0 aliphatic heterocycles. The average Bonchev–Trinajstić information content (AvgIpc) is 0.768. The van der Waals surface area contributed by atoms with Crippen molar-refractivity contribution in [1.82, 2.24) is 36.0 Å². The summed E-state index contributed by atoms with van der Waals surface area (Å²) in [6, 6.07) is 79.8. The third-order valence-electron chi connectivity index (χ3n) is 31.7. The van der Waals surface area contributed by atoms with E-state index in [9.17, 15) is 38.4 Å². The lowest BCUT2D eigenvalue weighted by atomic mass is 9.80. The third kappa shape index (κ3) is 30.4. The highest BCUT2D eigenvalue weighted by atomic mass is 16.5. The molecule has 17 heteroatoms. The van der Waals surface area contributed by atoms with Crippen LogP contribution in [0.1, 0.15) is 358 Å². The van der Waals surface area contributed by atoms with Gasteiger partial charge in [0.25, 0.3) is 23.6 Å². The Labute approximate surface area is 855 Å². The van der Waals surface area contributed by atoms with Crippen LogP contribution in [0.25, 0.3) is 33.4 Å². The lowest BCUT2D eigenvalue weighted by molar-refractivity contribution is -0.130. The Morgan fingerprint density at radius 3 is 0.902 bits per heavy atom. The average molecular weight is 1930 g/mol. The zero-order chi connectivity index (χ0) is 99.5. The van der Waals surface area contributed by atoms with Crippen molar-refractivity contribution < 1.29 is 43.1 Å². The second-order valence-electron chi connectivity index (χ2n) is 41.8. The van der Waals surface area contributed by atoms with Crippen LogP contribution >= 0.6 is 0 Å². The van der Waals surface area contributed by atoms with E-state index in [-0.39, 0.29) is 107 Å². The van der Waals surface area contributed by atoms with Crippen LogP contribution in [0, 0.1) is 23.7 Å². The molecule has 4 unspecified atom stereocenters. The zero-order valence-electron chi connectivity index (χ0n) is 86.2. The molecule has 0 spiro atoms. The van der Waals surface area contributed by atoms with Gasteiger partial charge < -0.3 is 40.7 Å². The predicted octanol–water partition coefficient (Wildman–Crippen LogP) is 28.5. The molecule has 9 aromatic carbocycles. The summed E-state index contributed by atoms with van der Waals surface area (Å²) in [6.07, 6.45) is 50.3. The van der Waals surface area contributed by atoms with Gasteiger partial charge in [0.2, 0.25) is 23.6 Å². The van der Waals surface area contributed by atoms with E-state index in [0.29, 0.717) is 36.3 Å². The minimum atomic E-state index is -0.536. The Hall–Kier alpha value is -11.5. The largest absolute Gasteiger partial charge is 0.457 e. The number of rotatable bonds is 35. The summed E-state index contributed by atoms with van der Waals surface area (Å²) in [5.41, 5.74) is 9.21. The van der Waals surface area contributed by atoms with Crippen LogP contribution in [0.4, 0.5) is 5.69 Å². The molecule has 17 nitrogen and oxygen atoms in total. The van der Waals surface area contributed by atoms with E-state index >= 15 is 0 Å². The first kappa shape index (κ1) is 107. The van der Waals surface area contributed by atoms with E-state index < -0.39 is 12.1 Å². The number of benzene rings is 9. The number of para-hydroxylation sites is 2. The van der Waals surface area contributed by atoms with Crippen LogP contribution in [0.2, 0.25) is 0 Å². The molecule has 762 valence electrons. The standard InChI is InChI=1S/C37H46N2O3.C31H42N2O2.C31H36N2O2.C27H40N2O2/c1-2-3-27-38-36(40)35(29-15-7-4-8-16-29)39(30-17-9-5-10-18-30)37(41)34-22-14-13-21-33(34)28-23-25-32(26-24-28)42-31-19-11-6-12-20-31;2*1-2-3-23-32-30(34)29(25-17-9-5-10-18-25)33(26-19-11-6-12-20-26)31(35)28-22-14-13-21-27(28)24-15-7-4-8-16-24;30-26(28-23-17-9-3-10-18-23)25(21-13-5-1-6-14-21)29(24-19-11-4-12-20-24)27(31)22-15-7-2-8-16-22/h6,11-14,19-26,29-30,35H,2-5,7-10,15-18,27H2,1H3,(H,38,40);4,7-8,13-16,21-22,25-26,29H,2-3,5-6,9-12,17-20,23H2,1H3,(H,32,34);4,6-8,11-16,19-22,25,29H,2-3,5,9-10,17-18,23H2,1H3,(H,32,34);2,7-8,15-16,21,23-25H,1,3-6,9-14,17-20H2,(H,28,30). The van der Waals surface area contributed by atoms with Crippen molar-refractivity contribution in [3.63, 3.8) is 0 Å². The van der Waals surface area contributed by atoms with E-state index in [1.54, 1.807) is 4.90 Å². The number of hydrogen-bond donors (Lipinski definition) is 4. The number of carbonyl (C=O) groups is 8. The Kier molecular flexibility index (Phi) is 43.4. The summed E-state index contributed by atoms with van der Waals surface area (Å²) in [4.78, 5) is 121. The molecule has 8 aliphatic carbocycles. The first-order valence-electron chi connectivity index (χ1n) is 56.1. The molecule has 9 aromatic rings. The fourth-order valence-corrected chi connectivity index (χ4v) is 24.1. The van der Waals surface area contributed by atoms with Crippen LogP contribution in [0.3, 0.4) is 0 Å². The van der Waals surface area contributed by atoms with E-state index in [0.717, 1.165) is 274 Å². The molecular weight excluding hydrogens is 1770 g/mol. The maximum Gasteiger partial charge on any atom is 0.259 e. The Morgan fingerprint density at radius 2 is 0.538 bits per heavy atom. The maximum atomic E-state index is 14.8. The highest BCUT2D eigenvalue weighted by Crippen LogP contribution is 2.43. The first-order valence-corrected chi connectivity index (χ1v) is 56.1. The van der Waals surface area contributed by atoms with Gasteiger partial charge in [-0.3, -0.25) is 43.3 Å². The lowest BCUT2D eigenvalue weighted by Gasteiger charge is -2.44. The minimum Gasteiger partial charge on any atom is -0.457 e. The van der Waals surface area contributed by atoms with Crippen LogP contribution < -0.4 is 30.9 Å². The molecule has 17 rings (SSSR count). The monoisotopic (exact) mass is 1930 g/mol. The number of nitrogens with zero attached hydrogens (tertiary/aromatic N) is 4. The van der Waals surface area contributed by atoms with Crippen molar-refractivity contribution in [3.05, 3.63) is 271 Å². The first-order chi connectivity index (χ1) is 70.3. The van der Waals surface area contributed by atoms with Gasteiger partial charge in [0.05, 0.1) is 0 Å². The molecule has 143 heavy (non-hydrogen) atoms. The van der Waals surface area contributed by atoms with Gasteiger partial charge in [-0.2, -0.15) is 0 Å². The van der Waals surface area contributed by atoms with Crippen LogP contribution in [-0.2, 0) is 19.2 Å². The van der Waals surface area contributed by atoms with Crippen molar-refractivity contribution >= 4 is 52.9 Å². The van der Waals surface area contributed by atoms with Crippen LogP contribution in [0.5, 0.6) is 11.5 Å². The molecule has 4 N–H and O–H groups in total. The normalized spacial score (nSPS) is 17.9. The second-order valence-corrected chi connectivity index (χ2v) is 41.8. The molecule has 0 heterocycles. The number of amides is 8. The van der Waals surface area contributed by atoms with Gasteiger partial charge in [-0.1, -0.05) is 376 Å². The summed E-state index contributed by atoms with van der Waals surface area (Å²) >= 11 is 0. The molecule has 4 atom stereocenters. The quantitative estimate of drug-likeness (QED) is 0.0278. The van der Waals surface area contributed by atoms with Crippen LogP contribution in [-0.4, -0.2) is 130 Å². The van der Waals surface area contributed by atoms with Gasteiger partial charge >= 0.3 is 0 Å².